The van der Waals surface area contributed by atoms with Gasteiger partial charge in [0.2, 0.25) is 0 Å². The van der Waals surface area contributed by atoms with Crippen LogP contribution in [0.4, 0.5) is 4.70 Å². The molecule has 1 aliphatic heterocycles. The second-order valence-electron chi connectivity index (χ2n) is 2.06. The number of hydrogen-bond acceptors (Lipinski definition) is 2. The molecule has 1 fully saturated rings. The summed E-state index contributed by atoms with van der Waals surface area (Å²) in [6.07, 6.45) is 0. The van der Waals surface area contributed by atoms with Gasteiger partial charge in [0.05, 0.1) is 0 Å². The predicted molar refractivity (Wildman–Crippen MR) is 32.8 cm³/mol. The first-order valence-electron chi connectivity index (χ1n) is 2.83. The van der Waals surface area contributed by atoms with Crippen molar-refractivity contribution in [3.63, 3.8) is 0 Å². The van der Waals surface area contributed by atoms with Gasteiger partial charge in [-0.2, -0.15) is 0 Å². The Labute approximate surface area is 49.0 Å². The van der Waals surface area contributed by atoms with E-state index >= 15 is 0 Å². The van der Waals surface area contributed by atoms with Crippen molar-refractivity contribution < 1.29 is 4.70 Å². The predicted octanol–water partition coefficient (Wildman–Crippen LogP) is -0.280. The summed E-state index contributed by atoms with van der Waals surface area (Å²) in [6, 6.07) is 0.675. The van der Waals surface area contributed by atoms with Gasteiger partial charge in [-0.25, -0.2) is 0 Å². The second-order valence-corrected chi connectivity index (χ2v) is 2.06. The van der Waals surface area contributed by atoms with Gasteiger partial charge in [0, 0.05) is 25.7 Å². The number of rotatable bonds is 0. The summed E-state index contributed by atoms with van der Waals surface area (Å²) in [5.74, 6) is 0. The monoisotopic (exact) mass is 120 g/mol. The van der Waals surface area contributed by atoms with Crippen molar-refractivity contribution in [2.45, 2.75) is 13.0 Å². The van der Waals surface area contributed by atoms with Crippen LogP contribution in [0, 0.1) is 0 Å². The Hall–Kier alpha value is -0.150. The molecule has 0 amide bonds. The fourth-order valence-electron chi connectivity index (χ4n) is 0.798. The summed E-state index contributed by atoms with van der Waals surface area (Å²) in [4.78, 5) is 0. The molecule has 0 aliphatic carbocycles. The van der Waals surface area contributed by atoms with E-state index in [2.05, 4.69) is 17.6 Å². The minimum atomic E-state index is 0. The first-order valence-corrected chi connectivity index (χ1v) is 2.83. The van der Waals surface area contributed by atoms with Crippen molar-refractivity contribution in [3.8, 4) is 0 Å². The van der Waals surface area contributed by atoms with Crippen LogP contribution >= 0.6 is 0 Å². The normalized spacial score (nSPS) is 28.9. The molecule has 1 rings (SSSR count). The van der Waals surface area contributed by atoms with Gasteiger partial charge in [0.1, 0.15) is 0 Å². The van der Waals surface area contributed by atoms with Crippen LogP contribution in [-0.4, -0.2) is 25.7 Å². The molecule has 50 valence electrons. The molecule has 2 nitrogen and oxygen atoms in total. The molecular weight excluding hydrogens is 107 g/mol. The van der Waals surface area contributed by atoms with Gasteiger partial charge >= 0.3 is 0 Å². The molecule has 3 heteroatoms. The Bertz CT molecular complexity index is 52.4. The molecule has 2 N–H and O–H groups in total. The highest BCUT2D eigenvalue weighted by atomic mass is 19.0. The van der Waals surface area contributed by atoms with Crippen LogP contribution in [0.25, 0.3) is 0 Å². The van der Waals surface area contributed by atoms with Crippen LogP contribution in [0.5, 0.6) is 0 Å². The zero-order valence-corrected chi connectivity index (χ0v) is 5.11. The van der Waals surface area contributed by atoms with E-state index in [1.54, 1.807) is 0 Å². The molecule has 0 bridgehead atoms. The summed E-state index contributed by atoms with van der Waals surface area (Å²) in [6.45, 7) is 5.57. The first kappa shape index (κ1) is 7.85. The van der Waals surface area contributed by atoms with E-state index in [0.717, 1.165) is 19.6 Å². The molecule has 1 aliphatic rings. The summed E-state index contributed by atoms with van der Waals surface area (Å²) in [7, 11) is 0. The summed E-state index contributed by atoms with van der Waals surface area (Å²) < 4.78 is 0. The summed E-state index contributed by atoms with van der Waals surface area (Å²) in [5.41, 5.74) is 0. The fraction of sp³-hybridized carbons (Fsp3) is 1.00. The summed E-state index contributed by atoms with van der Waals surface area (Å²) in [5, 5.41) is 6.59. The van der Waals surface area contributed by atoms with Gasteiger partial charge in [0.15, 0.2) is 0 Å². The molecule has 8 heavy (non-hydrogen) atoms. The van der Waals surface area contributed by atoms with Gasteiger partial charge < -0.3 is 10.6 Å². The maximum absolute atomic E-state index is 3.32. The number of nitrogens with one attached hydrogen (secondary N) is 2. The van der Waals surface area contributed by atoms with Crippen LogP contribution < -0.4 is 10.6 Å². The van der Waals surface area contributed by atoms with E-state index in [1.165, 1.54) is 0 Å². The van der Waals surface area contributed by atoms with Crippen molar-refractivity contribution in [1.29, 1.82) is 0 Å². The standard InChI is InChI=1S/C5H12N2.FH/c1-5-4-6-2-3-7-5;/h5-7H,2-4H2,1H3;1H. The lowest BCUT2D eigenvalue weighted by molar-refractivity contribution is 0.442. The van der Waals surface area contributed by atoms with E-state index in [-0.39, 0.29) is 4.70 Å². The van der Waals surface area contributed by atoms with Crippen molar-refractivity contribution in [2.75, 3.05) is 19.6 Å². The summed E-state index contributed by atoms with van der Waals surface area (Å²) >= 11 is 0. The minimum Gasteiger partial charge on any atom is -0.314 e. The first-order chi connectivity index (χ1) is 3.39. The molecule has 0 aromatic rings. The highest BCUT2D eigenvalue weighted by molar-refractivity contribution is 4.69. The van der Waals surface area contributed by atoms with Crippen molar-refractivity contribution in [2.24, 2.45) is 0 Å². The third kappa shape index (κ3) is 2.23. The zero-order chi connectivity index (χ0) is 5.11. The number of hydrogen-bond donors (Lipinski definition) is 2. The lowest BCUT2D eigenvalue weighted by Gasteiger charge is -2.19. The maximum atomic E-state index is 3.32. The molecule has 0 radical (unpaired) electrons. The molecule has 0 aromatic carbocycles. The van der Waals surface area contributed by atoms with Gasteiger partial charge in [0.25, 0.3) is 0 Å². The van der Waals surface area contributed by atoms with Gasteiger partial charge in [-0.1, -0.05) is 0 Å². The van der Waals surface area contributed by atoms with Crippen LogP contribution in [-0.2, 0) is 0 Å². The highest BCUT2D eigenvalue weighted by Crippen LogP contribution is 1.80. The SMILES string of the molecule is CC1CNCCN1.F. The Balaban J connectivity index is 0.000000490. The Kier molecular flexibility index (Phi) is 3.73. The van der Waals surface area contributed by atoms with E-state index in [0.29, 0.717) is 6.04 Å². The zero-order valence-electron chi connectivity index (χ0n) is 5.11. The van der Waals surface area contributed by atoms with Gasteiger partial charge in [-0.05, 0) is 6.92 Å². The topological polar surface area (TPSA) is 24.1 Å². The third-order valence-corrected chi connectivity index (χ3v) is 1.25. The highest BCUT2D eigenvalue weighted by Gasteiger charge is 2.03. The Morgan fingerprint density at radius 3 is 2.38 bits per heavy atom. The largest absolute Gasteiger partial charge is 0.314 e. The molecule has 0 saturated carbocycles. The molecule has 1 atom stereocenters. The molecule has 0 aromatic heterocycles. The number of piperazine rings is 1. The van der Waals surface area contributed by atoms with Crippen LogP contribution in [0.15, 0.2) is 0 Å². The number of halogens is 1. The lowest BCUT2D eigenvalue weighted by atomic mass is 10.3. The van der Waals surface area contributed by atoms with Crippen molar-refractivity contribution >= 4 is 0 Å². The van der Waals surface area contributed by atoms with Crippen LogP contribution in [0.2, 0.25) is 0 Å². The molecule has 1 saturated heterocycles. The lowest BCUT2D eigenvalue weighted by Crippen LogP contribution is -2.46. The van der Waals surface area contributed by atoms with E-state index in [1.807, 2.05) is 0 Å². The second kappa shape index (κ2) is 3.80. The van der Waals surface area contributed by atoms with Crippen molar-refractivity contribution in [3.05, 3.63) is 0 Å². The van der Waals surface area contributed by atoms with Crippen molar-refractivity contribution in [1.82, 2.24) is 10.6 Å². The molecule has 0 spiro atoms. The minimum absolute atomic E-state index is 0. The van der Waals surface area contributed by atoms with E-state index < -0.39 is 0 Å². The average molecular weight is 120 g/mol. The molecule has 1 heterocycles. The van der Waals surface area contributed by atoms with Crippen LogP contribution in [0.1, 0.15) is 6.92 Å². The fourth-order valence-corrected chi connectivity index (χ4v) is 0.798. The Morgan fingerprint density at radius 1 is 1.38 bits per heavy atom. The Morgan fingerprint density at radius 2 is 2.12 bits per heavy atom. The third-order valence-electron chi connectivity index (χ3n) is 1.25. The average Bonchev–Trinajstić information content (AvgIpc) is 1.69. The molecule has 1 unspecified atom stereocenters. The van der Waals surface area contributed by atoms with Gasteiger partial charge in [-0.3, -0.25) is 4.70 Å². The van der Waals surface area contributed by atoms with E-state index in [9.17, 15) is 0 Å². The maximum Gasteiger partial charge on any atom is 0.0164 e. The quantitative estimate of drug-likeness (QED) is 0.459. The van der Waals surface area contributed by atoms with E-state index in [4.69, 9.17) is 0 Å². The van der Waals surface area contributed by atoms with Gasteiger partial charge in [-0.15, -0.1) is 0 Å². The smallest absolute Gasteiger partial charge is 0.0164 e. The molecular formula is C5H13FN2. The van der Waals surface area contributed by atoms with Crippen LogP contribution in [0.3, 0.4) is 0 Å².